The summed E-state index contributed by atoms with van der Waals surface area (Å²) in [6.07, 6.45) is 11.6. The molecule has 0 aliphatic heterocycles. The molecular formula is C14H23N. The Balaban J connectivity index is 0. The van der Waals surface area contributed by atoms with Gasteiger partial charge in [-0.2, -0.15) is 0 Å². The summed E-state index contributed by atoms with van der Waals surface area (Å²) >= 11 is 0. The Kier molecular flexibility index (Phi) is 13.5. The molecule has 0 bridgehead atoms. The van der Waals surface area contributed by atoms with Crippen LogP contribution >= 0.6 is 0 Å². The molecule has 0 radical (unpaired) electrons. The molecule has 1 nitrogen and oxygen atoms in total. The molecule has 84 valence electrons. The van der Waals surface area contributed by atoms with Crippen molar-refractivity contribution < 1.29 is 0 Å². The van der Waals surface area contributed by atoms with Gasteiger partial charge in [-0.05, 0) is 18.6 Å². The van der Waals surface area contributed by atoms with Gasteiger partial charge < -0.3 is 0 Å². The Morgan fingerprint density at radius 1 is 1.07 bits per heavy atom. The minimum Gasteiger partial charge on any atom is -0.257 e. The first-order valence-electron chi connectivity index (χ1n) is 5.58. The van der Waals surface area contributed by atoms with Crippen molar-refractivity contribution in [3.8, 4) is 0 Å². The summed E-state index contributed by atoms with van der Waals surface area (Å²) in [5.41, 5.74) is 2.12. The van der Waals surface area contributed by atoms with Gasteiger partial charge in [0, 0.05) is 6.20 Å². The molecule has 0 saturated heterocycles. The van der Waals surface area contributed by atoms with E-state index in [0.717, 1.165) is 11.3 Å². The summed E-state index contributed by atoms with van der Waals surface area (Å²) in [5.74, 6) is 0. The molecule has 1 heteroatoms. The maximum atomic E-state index is 4.11. The molecule has 0 aromatic carbocycles. The fourth-order valence-electron chi connectivity index (χ4n) is 0.948. The molecular weight excluding hydrogens is 182 g/mol. The number of nitrogens with zero attached hydrogens (tertiary/aromatic N) is 1. The third-order valence-corrected chi connectivity index (χ3v) is 1.48. The van der Waals surface area contributed by atoms with E-state index in [1.54, 1.807) is 6.20 Å². The SMILES string of the molecule is C=CN=C1C=CC=C/C1=C/C.CC.CC. The van der Waals surface area contributed by atoms with Gasteiger partial charge in [0.15, 0.2) is 0 Å². The van der Waals surface area contributed by atoms with E-state index in [0.29, 0.717) is 0 Å². The molecule has 1 aliphatic carbocycles. The van der Waals surface area contributed by atoms with Crippen LogP contribution in [0.1, 0.15) is 34.6 Å². The Morgan fingerprint density at radius 3 is 2.07 bits per heavy atom. The molecule has 0 atom stereocenters. The van der Waals surface area contributed by atoms with Crippen LogP contribution in [0.5, 0.6) is 0 Å². The monoisotopic (exact) mass is 205 g/mol. The van der Waals surface area contributed by atoms with Crippen LogP contribution in [0.4, 0.5) is 0 Å². The number of aliphatic imine (C=N–C) groups is 1. The maximum absolute atomic E-state index is 4.11. The van der Waals surface area contributed by atoms with Crippen molar-refractivity contribution in [2.24, 2.45) is 4.99 Å². The fourth-order valence-corrected chi connectivity index (χ4v) is 0.948. The largest absolute Gasteiger partial charge is 0.257 e. The van der Waals surface area contributed by atoms with Crippen molar-refractivity contribution in [2.45, 2.75) is 34.6 Å². The molecule has 0 spiro atoms. The second kappa shape index (κ2) is 12.6. The van der Waals surface area contributed by atoms with Crippen LogP contribution in [0.2, 0.25) is 0 Å². The first-order valence-corrected chi connectivity index (χ1v) is 5.58. The zero-order valence-corrected chi connectivity index (χ0v) is 10.6. The van der Waals surface area contributed by atoms with Crippen molar-refractivity contribution in [1.82, 2.24) is 0 Å². The maximum Gasteiger partial charge on any atom is 0.0698 e. The van der Waals surface area contributed by atoms with Gasteiger partial charge in [0.2, 0.25) is 0 Å². The predicted octanol–water partition coefficient (Wildman–Crippen LogP) is 4.70. The van der Waals surface area contributed by atoms with Gasteiger partial charge >= 0.3 is 0 Å². The fraction of sp³-hybridized carbons (Fsp3) is 0.357. The normalized spacial score (nSPS) is 17.7. The zero-order valence-electron chi connectivity index (χ0n) is 10.6. The molecule has 15 heavy (non-hydrogen) atoms. The number of hydrogen-bond donors (Lipinski definition) is 0. The van der Waals surface area contributed by atoms with E-state index in [1.807, 2.05) is 65.0 Å². The highest BCUT2D eigenvalue weighted by atomic mass is 14.7. The minimum absolute atomic E-state index is 0.977. The molecule has 0 unspecified atom stereocenters. The van der Waals surface area contributed by atoms with Gasteiger partial charge in [-0.3, -0.25) is 4.99 Å². The van der Waals surface area contributed by atoms with Crippen molar-refractivity contribution in [3.63, 3.8) is 0 Å². The van der Waals surface area contributed by atoms with E-state index in [2.05, 4.69) is 11.6 Å². The lowest BCUT2D eigenvalue weighted by molar-refractivity contribution is 1.50. The highest BCUT2D eigenvalue weighted by Gasteiger charge is 1.99. The molecule has 0 N–H and O–H groups in total. The third kappa shape index (κ3) is 6.67. The summed E-state index contributed by atoms with van der Waals surface area (Å²) in [6, 6.07) is 0. The number of allylic oxidation sites excluding steroid dienone is 6. The first kappa shape index (κ1) is 16.1. The second-order valence-electron chi connectivity index (χ2n) is 2.16. The van der Waals surface area contributed by atoms with E-state index >= 15 is 0 Å². The summed E-state index contributed by atoms with van der Waals surface area (Å²) in [5, 5.41) is 0. The van der Waals surface area contributed by atoms with E-state index in [4.69, 9.17) is 0 Å². The molecule has 0 fully saturated rings. The Labute approximate surface area is 94.6 Å². The van der Waals surface area contributed by atoms with Gasteiger partial charge in [0.25, 0.3) is 0 Å². The van der Waals surface area contributed by atoms with Crippen molar-refractivity contribution >= 4 is 5.71 Å². The van der Waals surface area contributed by atoms with Gasteiger partial charge in [0.05, 0.1) is 5.71 Å². The summed E-state index contributed by atoms with van der Waals surface area (Å²) in [7, 11) is 0. The highest BCUT2D eigenvalue weighted by Crippen LogP contribution is 2.07. The van der Waals surface area contributed by atoms with Crippen LogP contribution in [0.3, 0.4) is 0 Å². The zero-order chi connectivity index (χ0) is 12.1. The molecule has 0 heterocycles. The van der Waals surface area contributed by atoms with Gasteiger partial charge in [0.1, 0.15) is 0 Å². The summed E-state index contributed by atoms with van der Waals surface area (Å²) < 4.78 is 0. The second-order valence-corrected chi connectivity index (χ2v) is 2.16. The molecule has 1 rings (SSSR count). The van der Waals surface area contributed by atoms with E-state index < -0.39 is 0 Å². The van der Waals surface area contributed by atoms with Gasteiger partial charge in [-0.15, -0.1) is 0 Å². The van der Waals surface area contributed by atoms with Crippen molar-refractivity contribution in [3.05, 3.63) is 48.7 Å². The topological polar surface area (TPSA) is 12.4 Å². The average Bonchev–Trinajstić information content (AvgIpc) is 2.35. The summed E-state index contributed by atoms with van der Waals surface area (Å²) in [6.45, 7) is 13.5. The summed E-state index contributed by atoms with van der Waals surface area (Å²) in [4.78, 5) is 4.11. The van der Waals surface area contributed by atoms with Crippen molar-refractivity contribution in [2.75, 3.05) is 0 Å². The predicted molar refractivity (Wildman–Crippen MR) is 72.4 cm³/mol. The highest BCUT2D eigenvalue weighted by molar-refractivity contribution is 6.11. The van der Waals surface area contributed by atoms with E-state index in [1.165, 1.54) is 0 Å². The van der Waals surface area contributed by atoms with Gasteiger partial charge in [-0.1, -0.05) is 58.6 Å². The van der Waals surface area contributed by atoms with Crippen LogP contribution in [0.25, 0.3) is 0 Å². The Morgan fingerprint density at radius 2 is 1.60 bits per heavy atom. The van der Waals surface area contributed by atoms with E-state index in [-0.39, 0.29) is 0 Å². The smallest absolute Gasteiger partial charge is 0.0698 e. The molecule has 0 aromatic rings. The lowest BCUT2D eigenvalue weighted by atomic mass is 10.1. The first-order chi connectivity index (χ1) is 7.38. The number of hydrogen-bond acceptors (Lipinski definition) is 1. The molecule has 1 aliphatic rings. The Hall–Kier alpha value is -1.37. The minimum atomic E-state index is 0.977. The van der Waals surface area contributed by atoms with Crippen molar-refractivity contribution in [1.29, 1.82) is 0 Å². The standard InChI is InChI=1S/C10H11N.2C2H6/c1-3-9-7-5-6-8-10(9)11-4-2;2*1-2/h3-8H,2H2,1H3;2*1-2H3/b9-3-,11-10?;;. The Bertz CT molecular complexity index is 265. The molecule has 0 saturated carbocycles. The quantitative estimate of drug-likeness (QED) is 0.588. The lowest BCUT2D eigenvalue weighted by Gasteiger charge is -2.03. The van der Waals surface area contributed by atoms with Crippen LogP contribution in [-0.2, 0) is 0 Å². The average molecular weight is 205 g/mol. The molecule has 0 amide bonds. The van der Waals surface area contributed by atoms with Crippen LogP contribution in [0, 0.1) is 0 Å². The van der Waals surface area contributed by atoms with Crippen LogP contribution in [-0.4, -0.2) is 5.71 Å². The number of rotatable bonds is 1. The third-order valence-electron chi connectivity index (χ3n) is 1.48. The van der Waals surface area contributed by atoms with Crippen LogP contribution in [0.15, 0.2) is 53.7 Å². The lowest BCUT2D eigenvalue weighted by Crippen LogP contribution is -1.98. The van der Waals surface area contributed by atoms with E-state index in [9.17, 15) is 0 Å². The molecule has 0 aromatic heterocycles. The van der Waals surface area contributed by atoms with Gasteiger partial charge in [-0.25, -0.2) is 0 Å². The van der Waals surface area contributed by atoms with Crippen LogP contribution < -0.4 is 0 Å².